The summed E-state index contributed by atoms with van der Waals surface area (Å²) < 4.78 is 0. The van der Waals surface area contributed by atoms with Gasteiger partial charge in [-0.05, 0) is 25.5 Å². The second kappa shape index (κ2) is 5.76. The van der Waals surface area contributed by atoms with Gasteiger partial charge in [-0.15, -0.1) is 0 Å². The van der Waals surface area contributed by atoms with Crippen molar-refractivity contribution >= 4 is 11.5 Å². The number of anilines is 1. The van der Waals surface area contributed by atoms with Gasteiger partial charge in [-0.1, -0.05) is 36.7 Å². The third kappa shape index (κ3) is 3.65. The fourth-order valence-corrected chi connectivity index (χ4v) is 1.64. The summed E-state index contributed by atoms with van der Waals surface area (Å²) in [5.41, 5.74) is 7.81. The maximum Gasteiger partial charge on any atom is 0.144 e. The molecule has 4 nitrogen and oxygen atoms in total. The molecule has 0 aliphatic carbocycles. The van der Waals surface area contributed by atoms with E-state index >= 15 is 0 Å². The molecule has 0 spiro atoms. The van der Waals surface area contributed by atoms with Crippen LogP contribution in [0.5, 0.6) is 0 Å². The summed E-state index contributed by atoms with van der Waals surface area (Å²) >= 11 is 0. The van der Waals surface area contributed by atoms with Crippen molar-refractivity contribution in [1.29, 1.82) is 0 Å². The molecule has 3 N–H and O–H groups in total. The highest BCUT2D eigenvalue weighted by atomic mass is 16.4. The van der Waals surface area contributed by atoms with E-state index in [1.54, 1.807) is 0 Å². The Morgan fingerprint density at radius 1 is 1.33 bits per heavy atom. The summed E-state index contributed by atoms with van der Waals surface area (Å²) in [6, 6.07) is 8.40. The number of hydrogen-bond donors (Lipinski definition) is 2. The topological polar surface area (TPSA) is 61.8 Å². The molecule has 0 saturated heterocycles. The predicted molar refractivity (Wildman–Crippen MR) is 76.3 cm³/mol. The van der Waals surface area contributed by atoms with Crippen molar-refractivity contribution in [3.63, 3.8) is 0 Å². The fraction of sp³-hybridized carbons (Fsp3) is 0.500. The van der Waals surface area contributed by atoms with Crippen molar-refractivity contribution in [2.45, 2.75) is 27.2 Å². The third-order valence-electron chi connectivity index (χ3n) is 3.35. The zero-order chi connectivity index (χ0) is 13.8. The van der Waals surface area contributed by atoms with Gasteiger partial charge in [-0.2, -0.15) is 0 Å². The molecule has 0 amide bonds. The van der Waals surface area contributed by atoms with Gasteiger partial charge in [0.15, 0.2) is 0 Å². The van der Waals surface area contributed by atoms with Crippen molar-refractivity contribution < 1.29 is 5.21 Å². The zero-order valence-electron chi connectivity index (χ0n) is 11.6. The molecule has 0 fully saturated rings. The molecule has 0 heterocycles. The molecule has 18 heavy (non-hydrogen) atoms. The number of hydrogen-bond acceptors (Lipinski definition) is 3. The zero-order valence-corrected chi connectivity index (χ0v) is 11.6. The van der Waals surface area contributed by atoms with Gasteiger partial charge in [0.1, 0.15) is 5.84 Å². The SMILES string of the molecule is Cc1ccc(N(C)CCC(C)(C)C(N)=NO)cc1. The van der Waals surface area contributed by atoms with Gasteiger partial charge in [0.25, 0.3) is 0 Å². The summed E-state index contributed by atoms with van der Waals surface area (Å²) in [6.45, 7) is 6.88. The van der Waals surface area contributed by atoms with Crippen molar-refractivity contribution in [2.24, 2.45) is 16.3 Å². The Morgan fingerprint density at radius 3 is 2.39 bits per heavy atom. The lowest BCUT2D eigenvalue weighted by atomic mass is 9.88. The van der Waals surface area contributed by atoms with Crippen LogP contribution in [0.15, 0.2) is 29.4 Å². The number of nitrogens with two attached hydrogens (primary N) is 1. The molecule has 0 aromatic heterocycles. The highest BCUT2D eigenvalue weighted by Gasteiger charge is 2.23. The molecule has 1 aromatic carbocycles. The largest absolute Gasteiger partial charge is 0.409 e. The lowest BCUT2D eigenvalue weighted by molar-refractivity contribution is 0.306. The number of benzene rings is 1. The molecule has 0 unspecified atom stereocenters. The molecule has 0 saturated carbocycles. The van der Waals surface area contributed by atoms with Crippen LogP contribution in [0.25, 0.3) is 0 Å². The number of amidine groups is 1. The lowest BCUT2D eigenvalue weighted by Crippen LogP contribution is -2.35. The minimum absolute atomic E-state index is 0.278. The summed E-state index contributed by atoms with van der Waals surface area (Å²) in [7, 11) is 2.05. The molecule has 100 valence electrons. The minimum atomic E-state index is -0.298. The predicted octanol–water partition coefficient (Wildman–Crippen LogP) is 2.59. The molecule has 1 aromatic rings. The average Bonchev–Trinajstić information content (AvgIpc) is 2.35. The smallest absolute Gasteiger partial charge is 0.144 e. The highest BCUT2D eigenvalue weighted by Crippen LogP contribution is 2.22. The Balaban J connectivity index is 2.61. The van der Waals surface area contributed by atoms with Gasteiger partial charge in [0.05, 0.1) is 0 Å². The minimum Gasteiger partial charge on any atom is -0.409 e. The molecular formula is C14H23N3O. The first-order valence-electron chi connectivity index (χ1n) is 6.12. The van der Waals surface area contributed by atoms with Crippen LogP contribution in [0.1, 0.15) is 25.8 Å². The summed E-state index contributed by atoms with van der Waals surface area (Å²) in [5.74, 6) is 0.278. The van der Waals surface area contributed by atoms with E-state index < -0.39 is 0 Å². The van der Waals surface area contributed by atoms with Gasteiger partial charge in [0.2, 0.25) is 0 Å². The molecule has 4 heteroatoms. The maximum absolute atomic E-state index is 8.73. The Labute approximate surface area is 109 Å². The Hall–Kier alpha value is -1.71. The summed E-state index contributed by atoms with van der Waals surface area (Å²) in [5, 5.41) is 11.8. The van der Waals surface area contributed by atoms with E-state index in [0.29, 0.717) is 0 Å². The molecular weight excluding hydrogens is 226 g/mol. The van der Waals surface area contributed by atoms with Gasteiger partial charge in [-0.3, -0.25) is 0 Å². The summed E-state index contributed by atoms with van der Waals surface area (Å²) in [6.07, 6.45) is 0.827. The average molecular weight is 249 g/mol. The lowest BCUT2D eigenvalue weighted by Gasteiger charge is -2.27. The Kier molecular flexibility index (Phi) is 4.59. The normalized spacial score (nSPS) is 12.6. The Morgan fingerprint density at radius 2 is 1.89 bits per heavy atom. The van der Waals surface area contributed by atoms with E-state index in [1.807, 2.05) is 20.9 Å². The van der Waals surface area contributed by atoms with Gasteiger partial charge < -0.3 is 15.8 Å². The van der Waals surface area contributed by atoms with E-state index in [-0.39, 0.29) is 11.3 Å². The van der Waals surface area contributed by atoms with E-state index in [0.717, 1.165) is 13.0 Å². The van der Waals surface area contributed by atoms with Crippen LogP contribution in [-0.2, 0) is 0 Å². The van der Waals surface area contributed by atoms with Crippen LogP contribution >= 0.6 is 0 Å². The van der Waals surface area contributed by atoms with E-state index in [4.69, 9.17) is 10.9 Å². The van der Waals surface area contributed by atoms with Crippen LogP contribution in [0.4, 0.5) is 5.69 Å². The summed E-state index contributed by atoms with van der Waals surface area (Å²) in [4.78, 5) is 2.17. The standard InChI is InChI=1S/C14H23N3O/c1-11-5-7-12(8-6-11)17(4)10-9-14(2,3)13(15)16-18/h5-8,18H,9-10H2,1-4H3,(H2,15,16). The van der Waals surface area contributed by atoms with Crippen LogP contribution in [0.3, 0.4) is 0 Å². The van der Waals surface area contributed by atoms with Crippen molar-refractivity contribution in [2.75, 3.05) is 18.5 Å². The van der Waals surface area contributed by atoms with Crippen molar-refractivity contribution in [3.8, 4) is 0 Å². The van der Waals surface area contributed by atoms with Gasteiger partial charge in [-0.25, -0.2) is 0 Å². The van der Waals surface area contributed by atoms with Crippen LogP contribution in [0.2, 0.25) is 0 Å². The number of oxime groups is 1. The quantitative estimate of drug-likeness (QED) is 0.365. The second-order valence-corrected chi connectivity index (χ2v) is 5.38. The monoisotopic (exact) mass is 249 g/mol. The highest BCUT2D eigenvalue weighted by molar-refractivity contribution is 5.85. The Bertz CT molecular complexity index is 410. The van der Waals surface area contributed by atoms with Crippen LogP contribution in [0, 0.1) is 12.3 Å². The molecule has 0 radical (unpaired) electrons. The fourth-order valence-electron chi connectivity index (χ4n) is 1.64. The molecule has 1 rings (SSSR count). The third-order valence-corrected chi connectivity index (χ3v) is 3.35. The molecule has 0 aliphatic heterocycles. The second-order valence-electron chi connectivity index (χ2n) is 5.38. The maximum atomic E-state index is 8.73. The first-order chi connectivity index (χ1) is 8.36. The molecule has 0 bridgehead atoms. The number of nitrogens with zero attached hydrogens (tertiary/aromatic N) is 2. The number of aryl methyl sites for hydroxylation is 1. The van der Waals surface area contributed by atoms with Crippen molar-refractivity contribution in [3.05, 3.63) is 29.8 Å². The number of rotatable bonds is 5. The van der Waals surface area contributed by atoms with Crippen LogP contribution < -0.4 is 10.6 Å². The van der Waals surface area contributed by atoms with Crippen molar-refractivity contribution in [1.82, 2.24) is 0 Å². The van der Waals surface area contributed by atoms with E-state index in [2.05, 4.69) is 41.2 Å². The van der Waals surface area contributed by atoms with Gasteiger partial charge in [0, 0.05) is 24.7 Å². The first kappa shape index (κ1) is 14.4. The first-order valence-corrected chi connectivity index (χ1v) is 6.12. The van der Waals surface area contributed by atoms with Crippen LogP contribution in [-0.4, -0.2) is 24.6 Å². The molecule has 0 aliphatic rings. The van der Waals surface area contributed by atoms with Gasteiger partial charge >= 0.3 is 0 Å². The molecule has 0 atom stereocenters. The van der Waals surface area contributed by atoms with E-state index in [9.17, 15) is 0 Å². The van der Waals surface area contributed by atoms with E-state index in [1.165, 1.54) is 11.3 Å².